The van der Waals surface area contributed by atoms with Crippen molar-refractivity contribution in [2.45, 2.75) is 6.54 Å². The Bertz CT molecular complexity index is 609. The molecule has 0 unspecified atom stereocenters. The molecular weight excluding hydrogens is 260 g/mol. The molecule has 1 aromatic heterocycles. The number of carbonyl (C=O) groups is 1. The first-order chi connectivity index (χ1) is 9.60. The molecule has 7 heteroatoms. The minimum atomic E-state index is -0.398. The summed E-state index contributed by atoms with van der Waals surface area (Å²) in [7, 11) is 1.61. The molecule has 20 heavy (non-hydrogen) atoms. The molecule has 0 aliphatic rings. The Labute approximate surface area is 116 Å². The number of nitrogens with one attached hydrogen (secondary N) is 1. The molecule has 0 spiro atoms. The third-order valence-corrected chi connectivity index (χ3v) is 2.70. The average molecular weight is 276 g/mol. The molecule has 0 aliphatic carbocycles. The maximum atomic E-state index is 12.0. The van der Waals surface area contributed by atoms with Crippen LogP contribution in [0.25, 0.3) is 0 Å². The second kappa shape index (κ2) is 6.07. The van der Waals surface area contributed by atoms with Crippen LogP contribution in [-0.2, 0) is 11.3 Å². The van der Waals surface area contributed by atoms with Gasteiger partial charge in [-0.3, -0.25) is 9.48 Å². The highest BCUT2D eigenvalue weighted by Crippen LogP contribution is 2.19. The van der Waals surface area contributed by atoms with E-state index in [0.717, 1.165) is 0 Å². The Hall–Kier alpha value is -2.54. The number of carbonyl (C=O) groups excluding carboxylic acids is 1. The quantitative estimate of drug-likeness (QED) is 0.560. The maximum Gasteiger partial charge on any atom is 0.257 e. The van der Waals surface area contributed by atoms with E-state index in [2.05, 4.69) is 10.4 Å². The summed E-state index contributed by atoms with van der Waals surface area (Å²) in [4.78, 5) is 12.0. The van der Waals surface area contributed by atoms with Crippen molar-refractivity contribution in [1.29, 1.82) is 0 Å². The molecule has 0 saturated heterocycles. The Kier molecular flexibility index (Phi) is 4.21. The molecule has 0 radical (unpaired) electrons. The summed E-state index contributed by atoms with van der Waals surface area (Å²) in [6, 6.07) is 4.22. The van der Waals surface area contributed by atoms with E-state index in [-0.39, 0.29) is 11.3 Å². The van der Waals surface area contributed by atoms with Crippen LogP contribution >= 0.6 is 0 Å². The first kappa shape index (κ1) is 13.9. The van der Waals surface area contributed by atoms with E-state index < -0.39 is 5.91 Å². The molecule has 2 aromatic rings. The number of hydrogen-bond donors (Lipinski definition) is 3. The van der Waals surface area contributed by atoms with Gasteiger partial charge >= 0.3 is 0 Å². The number of ether oxygens (including phenoxy) is 1. The van der Waals surface area contributed by atoms with Gasteiger partial charge in [0.25, 0.3) is 5.91 Å². The Morgan fingerprint density at radius 1 is 1.55 bits per heavy atom. The Morgan fingerprint density at radius 3 is 3.10 bits per heavy atom. The van der Waals surface area contributed by atoms with Gasteiger partial charge in [-0.25, -0.2) is 0 Å². The summed E-state index contributed by atoms with van der Waals surface area (Å²) < 4.78 is 6.60. The van der Waals surface area contributed by atoms with Crippen molar-refractivity contribution in [1.82, 2.24) is 9.78 Å². The summed E-state index contributed by atoms with van der Waals surface area (Å²) in [5.74, 6) is -0.412. The second-order valence-corrected chi connectivity index (χ2v) is 4.21. The van der Waals surface area contributed by atoms with E-state index in [1.165, 1.54) is 24.4 Å². The van der Waals surface area contributed by atoms with Gasteiger partial charge in [0, 0.05) is 19.0 Å². The van der Waals surface area contributed by atoms with Gasteiger partial charge in [-0.15, -0.1) is 0 Å². The number of nitrogens with zero attached hydrogens (tertiary/aromatic N) is 2. The number of aromatic hydroxyl groups is 1. The van der Waals surface area contributed by atoms with Crippen LogP contribution in [0.4, 0.5) is 11.4 Å². The van der Waals surface area contributed by atoms with Crippen LogP contribution in [0.5, 0.6) is 5.75 Å². The van der Waals surface area contributed by atoms with Gasteiger partial charge < -0.3 is 20.9 Å². The van der Waals surface area contributed by atoms with E-state index in [9.17, 15) is 9.90 Å². The van der Waals surface area contributed by atoms with Crippen molar-refractivity contribution in [3.8, 4) is 5.75 Å². The number of rotatable bonds is 5. The lowest BCUT2D eigenvalue weighted by Crippen LogP contribution is -2.13. The summed E-state index contributed by atoms with van der Waals surface area (Å²) in [6.07, 6.45) is 3.22. The molecule has 1 amide bonds. The standard InChI is InChI=1S/C13H16N4O3/c1-20-5-4-17-8-9(7-15-17)16-13(19)11-6-10(18)2-3-12(11)14/h2-3,6-8,18H,4-5,14H2,1H3,(H,16,19). The lowest BCUT2D eigenvalue weighted by molar-refractivity contribution is 0.102. The van der Waals surface area contributed by atoms with Crippen molar-refractivity contribution in [2.24, 2.45) is 0 Å². The molecule has 1 aromatic carbocycles. The van der Waals surface area contributed by atoms with Crippen LogP contribution in [-0.4, -0.2) is 34.5 Å². The second-order valence-electron chi connectivity index (χ2n) is 4.21. The van der Waals surface area contributed by atoms with Crippen LogP contribution in [0, 0.1) is 0 Å². The molecule has 4 N–H and O–H groups in total. The number of hydrogen-bond acceptors (Lipinski definition) is 5. The number of phenols is 1. The first-order valence-electron chi connectivity index (χ1n) is 6.01. The van der Waals surface area contributed by atoms with E-state index in [1.54, 1.807) is 18.0 Å². The van der Waals surface area contributed by atoms with Gasteiger partial charge in [0.2, 0.25) is 0 Å². The van der Waals surface area contributed by atoms with Gasteiger partial charge in [0.05, 0.1) is 30.6 Å². The minimum absolute atomic E-state index is 0.0138. The van der Waals surface area contributed by atoms with Crippen LogP contribution in [0.2, 0.25) is 0 Å². The molecule has 0 bridgehead atoms. The zero-order chi connectivity index (χ0) is 14.5. The average Bonchev–Trinajstić information content (AvgIpc) is 2.86. The molecule has 1 heterocycles. The van der Waals surface area contributed by atoms with Gasteiger partial charge in [-0.1, -0.05) is 0 Å². The fourth-order valence-electron chi connectivity index (χ4n) is 1.67. The van der Waals surface area contributed by atoms with Crippen LogP contribution in [0.1, 0.15) is 10.4 Å². The van der Waals surface area contributed by atoms with Gasteiger partial charge in [-0.2, -0.15) is 5.10 Å². The van der Waals surface area contributed by atoms with Crippen molar-refractivity contribution >= 4 is 17.3 Å². The molecule has 106 valence electrons. The van der Waals surface area contributed by atoms with Crippen molar-refractivity contribution in [3.63, 3.8) is 0 Å². The smallest absolute Gasteiger partial charge is 0.257 e. The van der Waals surface area contributed by atoms with Crippen molar-refractivity contribution in [2.75, 3.05) is 24.8 Å². The zero-order valence-electron chi connectivity index (χ0n) is 11.0. The zero-order valence-corrected chi connectivity index (χ0v) is 11.0. The maximum absolute atomic E-state index is 12.0. The number of nitrogens with two attached hydrogens (primary N) is 1. The highest BCUT2D eigenvalue weighted by Gasteiger charge is 2.11. The Balaban J connectivity index is 2.07. The summed E-state index contributed by atoms with van der Waals surface area (Å²) >= 11 is 0. The van der Waals surface area contributed by atoms with Crippen LogP contribution in [0.3, 0.4) is 0 Å². The van der Waals surface area contributed by atoms with Gasteiger partial charge in [-0.05, 0) is 18.2 Å². The summed E-state index contributed by atoms with van der Waals surface area (Å²) in [6.45, 7) is 1.13. The number of amides is 1. The van der Waals surface area contributed by atoms with Gasteiger partial charge in [0.15, 0.2) is 0 Å². The first-order valence-corrected chi connectivity index (χ1v) is 6.01. The van der Waals surface area contributed by atoms with Gasteiger partial charge in [0.1, 0.15) is 5.75 Å². The number of methoxy groups -OCH3 is 1. The lowest BCUT2D eigenvalue weighted by Gasteiger charge is -2.06. The lowest BCUT2D eigenvalue weighted by atomic mass is 10.1. The highest BCUT2D eigenvalue weighted by atomic mass is 16.5. The monoisotopic (exact) mass is 276 g/mol. The molecular formula is C13H16N4O3. The van der Waals surface area contributed by atoms with Crippen LogP contribution in [0.15, 0.2) is 30.6 Å². The highest BCUT2D eigenvalue weighted by molar-refractivity contribution is 6.07. The van der Waals surface area contributed by atoms with Crippen molar-refractivity contribution < 1.29 is 14.6 Å². The molecule has 7 nitrogen and oxygen atoms in total. The number of phenolic OH excluding ortho intramolecular Hbond substituents is 1. The van der Waals surface area contributed by atoms with Crippen LogP contribution < -0.4 is 11.1 Å². The normalized spacial score (nSPS) is 10.4. The van der Waals surface area contributed by atoms with E-state index in [0.29, 0.717) is 24.5 Å². The molecule has 2 rings (SSSR count). The predicted octanol–water partition coefficient (Wildman–Crippen LogP) is 1.07. The summed E-state index contributed by atoms with van der Waals surface area (Å²) in [5, 5.41) is 16.1. The largest absolute Gasteiger partial charge is 0.508 e. The summed E-state index contributed by atoms with van der Waals surface area (Å²) in [5.41, 5.74) is 6.77. The SMILES string of the molecule is COCCn1cc(NC(=O)c2cc(O)ccc2N)cn1. The number of benzene rings is 1. The van der Waals surface area contributed by atoms with E-state index >= 15 is 0 Å². The fourth-order valence-corrected chi connectivity index (χ4v) is 1.67. The minimum Gasteiger partial charge on any atom is -0.508 e. The van der Waals surface area contributed by atoms with E-state index in [1.807, 2.05) is 0 Å². The third kappa shape index (κ3) is 3.27. The topological polar surface area (TPSA) is 102 Å². The molecule has 0 atom stereocenters. The van der Waals surface area contributed by atoms with Crippen molar-refractivity contribution in [3.05, 3.63) is 36.2 Å². The molecule has 0 saturated carbocycles. The fraction of sp³-hybridized carbons (Fsp3) is 0.231. The molecule has 0 aliphatic heterocycles. The number of aromatic nitrogens is 2. The number of nitrogen functional groups attached to an aromatic ring is 1. The predicted molar refractivity (Wildman–Crippen MR) is 74.6 cm³/mol. The Morgan fingerprint density at radius 2 is 2.35 bits per heavy atom. The number of anilines is 2. The van der Waals surface area contributed by atoms with E-state index in [4.69, 9.17) is 10.5 Å². The third-order valence-electron chi connectivity index (χ3n) is 2.70. The molecule has 0 fully saturated rings.